The van der Waals surface area contributed by atoms with Crippen LogP contribution in [0.5, 0.6) is 0 Å². The first-order valence-electron chi connectivity index (χ1n) is 3.66. The van der Waals surface area contributed by atoms with Crippen LogP contribution in [-0.4, -0.2) is 17.0 Å². The van der Waals surface area contributed by atoms with Crippen molar-refractivity contribution in [1.29, 1.82) is 0 Å². The molecule has 0 aromatic carbocycles. The highest BCUT2D eigenvalue weighted by molar-refractivity contribution is 5.59. The van der Waals surface area contributed by atoms with Gasteiger partial charge in [0.2, 0.25) is 0 Å². The summed E-state index contributed by atoms with van der Waals surface area (Å²) < 4.78 is 0. The molecule has 1 aliphatic rings. The average Bonchev–Trinajstić information content (AvgIpc) is 2.08. The molecule has 1 saturated carbocycles. The van der Waals surface area contributed by atoms with Crippen LogP contribution in [0.15, 0.2) is 0 Å². The maximum absolute atomic E-state index is 10.5. The van der Waals surface area contributed by atoms with Gasteiger partial charge in [-0.3, -0.25) is 0 Å². The first-order chi connectivity index (χ1) is 4.47. The minimum Gasteiger partial charge on any atom is -0.390 e. The Morgan fingerprint density at radius 1 is 1.40 bits per heavy atom. The number of rotatable bonds is 1. The van der Waals surface area contributed by atoms with Crippen molar-refractivity contribution in [2.75, 3.05) is 0 Å². The molecule has 2 atom stereocenters. The number of carbonyl (C=O) groups is 1. The van der Waals surface area contributed by atoms with Gasteiger partial charge in [0.1, 0.15) is 6.29 Å². The Balaban J connectivity index is 2.66. The summed E-state index contributed by atoms with van der Waals surface area (Å²) in [5.41, 5.74) is -0.862. The molecule has 1 N–H and O–H groups in total. The highest BCUT2D eigenvalue weighted by atomic mass is 16.3. The van der Waals surface area contributed by atoms with E-state index in [-0.39, 0.29) is 5.41 Å². The van der Waals surface area contributed by atoms with Gasteiger partial charge in [-0.15, -0.1) is 0 Å². The second-order valence-electron chi connectivity index (χ2n) is 3.95. The molecule has 2 heteroatoms. The molecule has 0 heterocycles. The van der Waals surface area contributed by atoms with Gasteiger partial charge < -0.3 is 9.90 Å². The van der Waals surface area contributed by atoms with Gasteiger partial charge in [-0.2, -0.15) is 0 Å². The van der Waals surface area contributed by atoms with E-state index in [0.717, 1.165) is 19.1 Å². The van der Waals surface area contributed by atoms with Crippen molar-refractivity contribution >= 4 is 6.29 Å². The Morgan fingerprint density at radius 2 is 2.00 bits per heavy atom. The summed E-state index contributed by atoms with van der Waals surface area (Å²) in [6, 6.07) is 0. The Hall–Kier alpha value is -0.370. The third-order valence-electron chi connectivity index (χ3n) is 2.30. The van der Waals surface area contributed by atoms with Crippen LogP contribution < -0.4 is 0 Å². The van der Waals surface area contributed by atoms with Crippen molar-refractivity contribution in [3.05, 3.63) is 0 Å². The molecule has 0 amide bonds. The van der Waals surface area contributed by atoms with Crippen LogP contribution in [0.3, 0.4) is 0 Å². The molecule has 0 saturated heterocycles. The number of aliphatic hydroxyl groups is 1. The van der Waals surface area contributed by atoms with Crippen molar-refractivity contribution in [2.45, 2.75) is 38.7 Å². The molecule has 0 aliphatic heterocycles. The molecule has 0 unspecified atom stereocenters. The summed E-state index contributed by atoms with van der Waals surface area (Å²) in [6.07, 6.45) is 3.16. The number of hydrogen-bond donors (Lipinski definition) is 1. The summed E-state index contributed by atoms with van der Waals surface area (Å²) in [4.78, 5) is 10.5. The predicted octanol–water partition coefficient (Wildman–Crippen LogP) is 1.13. The van der Waals surface area contributed by atoms with Crippen molar-refractivity contribution in [3.8, 4) is 0 Å². The fraction of sp³-hybridized carbons (Fsp3) is 0.875. The van der Waals surface area contributed by atoms with Crippen LogP contribution in [0.25, 0.3) is 0 Å². The zero-order valence-corrected chi connectivity index (χ0v) is 6.55. The maximum atomic E-state index is 10.5. The standard InChI is InChI=1S/C8H14O2/c1-7(6-9)3-4-8(2,10)5-7/h6,10H,3-5H2,1-2H3/t7-,8+/m1/s1. The smallest absolute Gasteiger partial charge is 0.125 e. The molecule has 2 nitrogen and oxygen atoms in total. The lowest BCUT2D eigenvalue weighted by Gasteiger charge is -2.18. The van der Waals surface area contributed by atoms with E-state index in [9.17, 15) is 9.90 Å². The second kappa shape index (κ2) is 2.06. The van der Waals surface area contributed by atoms with Gasteiger partial charge in [-0.1, -0.05) is 6.92 Å². The van der Waals surface area contributed by atoms with E-state index < -0.39 is 5.60 Å². The Morgan fingerprint density at radius 3 is 2.20 bits per heavy atom. The minimum atomic E-state index is -0.602. The topological polar surface area (TPSA) is 37.3 Å². The molecule has 1 fully saturated rings. The van der Waals surface area contributed by atoms with Crippen LogP contribution >= 0.6 is 0 Å². The number of aldehydes is 1. The molecule has 1 rings (SSSR count). The number of hydrogen-bond acceptors (Lipinski definition) is 2. The quantitative estimate of drug-likeness (QED) is 0.557. The van der Waals surface area contributed by atoms with Gasteiger partial charge in [0.25, 0.3) is 0 Å². The molecule has 0 radical (unpaired) electrons. The third-order valence-corrected chi connectivity index (χ3v) is 2.30. The van der Waals surface area contributed by atoms with Gasteiger partial charge in [0.15, 0.2) is 0 Å². The largest absolute Gasteiger partial charge is 0.390 e. The molecule has 0 bridgehead atoms. The van der Waals surface area contributed by atoms with Crippen LogP contribution in [0, 0.1) is 5.41 Å². The van der Waals surface area contributed by atoms with E-state index in [1.165, 1.54) is 0 Å². The summed E-state index contributed by atoms with van der Waals surface area (Å²) in [5, 5.41) is 9.50. The Bertz CT molecular complexity index is 151. The summed E-state index contributed by atoms with van der Waals surface area (Å²) in [6.45, 7) is 3.70. The molecule has 0 spiro atoms. The van der Waals surface area contributed by atoms with E-state index in [1.54, 1.807) is 6.92 Å². The van der Waals surface area contributed by atoms with E-state index in [4.69, 9.17) is 0 Å². The van der Waals surface area contributed by atoms with Crippen LogP contribution in [0.1, 0.15) is 33.1 Å². The fourth-order valence-electron chi connectivity index (χ4n) is 1.70. The lowest BCUT2D eigenvalue weighted by molar-refractivity contribution is -0.116. The lowest BCUT2D eigenvalue weighted by Crippen LogP contribution is -2.23. The molecule has 0 aromatic rings. The molecule has 10 heavy (non-hydrogen) atoms. The van der Waals surface area contributed by atoms with E-state index in [1.807, 2.05) is 6.92 Å². The van der Waals surface area contributed by atoms with Gasteiger partial charge in [-0.05, 0) is 26.2 Å². The van der Waals surface area contributed by atoms with E-state index >= 15 is 0 Å². The first kappa shape index (κ1) is 7.73. The van der Waals surface area contributed by atoms with Gasteiger partial charge in [-0.25, -0.2) is 0 Å². The molecule has 58 valence electrons. The second-order valence-corrected chi connectivity index (χ2v) is 3.95. The van der Waals surface area contributed by atoms with E-state index in [2.05, 4.69) is 0 Å². The fourth-order valence-corrected chi connectivity index (χ4v) is 1.70. The summed E-state index contributed by atoms with van der Waals surface area (Å²) in [7, 11) is 0. The van der Waals surface area contributed by atoms with E-state index in [0.29, 0.717) is 6.42 Å². The highest BCUT2D eigenvalue weighted by Crippen LogP contribution is 2.41. The summed E-state index contributed by atoms with van der Waals surface area (Å²) in [5.74, 6) is 0. The Kier molecular flexibility index (Phi) is 1.59. The van der Waals surface area contributed by atoms with Crippen molar-refractivity contribution in [3.63, 3.8) is 0 Å². The van der Waals surface area contributed by atoms with Gasteiger partial charge >= 0.3 is 0 Å². The predicted molar refractivity (Wildman–Crippen MR) is 38.6 cm³/mol. The molecular formula is C8H14O2. The third kappa shape index (κ3) is 1.37. The van der Waals surface area contributed by atoms with Crippen molar-refractivity contribution in [2.24, 2.45) is 5.41 Å². The SMILES string of the molecule is C[C@]1(O)CC[C@@](C)(C=O)C1. The molecule has 1 aliphatic carbocycles. The minimum absolute atomic E-state index is 0.260. The monoisotopic (exact) mass is 142 g/mol. The normalized spacial score (nSPS) is 47.5. The van der Waals surface area contributed by atoms with Gasteiger partial charge in [0, 0.05) is 5.41 Å². The maximum Gasteiger partial charge on any atom is 0.125 e. The van der Waals surface area contributed by atoms with Crippen LogP contribution in [0.2, 0.25) is 0 Å². The molecule has 0 aromatic heterocycles. The van der Waals surface area contributed by atoms with Crippen molar-refractivity contribution in [1.82, 2.24) is 0 Å². The van der Waals surface area contributed by atoms with Crippen molar-refractivity contribution < 1.29 is 9.90 Å². The number of carbonyl (C=O) groups excluding carboxylic acids is 1. The zero-order chi connectivity index (χ0) is 7.83. The lowest BCUT2D eigenvalue weighted by atomic mass is 9.89. The average molecular weight is 142 g/mol. The van der Waals surface area contributed by atoms with Crippen LogP contribution in [0.4, 0.5) is 0 Å². The van der Waals surface area contributed by atoms with Gasteiger partial charge in [0.05, 0.1) is 5.60 Å². The highest BCUT2D eigenvalue weighted by Gasteiger charge is 2.41. The Labute approximate surface area is 61.2 Å². The first-order valence-corrected chi connectivity index (χ1v) is 3.66. The zero-order valence-electron chi connectivity index (χ0n) is 6.55. The van der Waals surface area contributed by atoms with Crippen LogP contribution in [-0.2, 0) is 4.79 Å². The molecular weight excluding hydrogens is 128 g/mol. The summed E-state index contributed by atoms with van der Waals surface area (Å²) >= 11 is 0.